The zero-order valence-corrected chi connectivity index (χ0v) is 13.7. The van der Waals surface area contributed by atoms with E-state index in [2.05, 4.69) is 37.3 Å². The van der Waals surface area contributed by atoms with Crippen LogP contribution in [0.15, 0.2) is 47.1 Å². The van der Waals surface area contributed by atoms with Gasteiger partial charge in [-0.2, -0.15) is 0 Å². The highest BCUT2D eigenvalue weighted by Gasteiger charge is 2.23. The van der Waals surface area contributed by atoms with Gasteiger partial charge in [-0.3, -0.25) is 9.55 Å². The van der Waals surface area contributed by atoms with Crippen LogP contribution in [0.4, 0.5) is 0 Å². The smallest absolute Gasteiger partial charge is 0.191 e. The van der Waals surface area contributed by atoms with Crippen LogP contribution in [0.25, 0.3) is 11.5 Å². The summed E-state index contributed by atoms with van der Waals surface area (Å²) in [5.74, 6) is 2.87. The third kappa shape index (κ3) is 3.08. The molecule has 0 atom stereocenters. The molecule has 3 aromatic rings. The molecule has 1 aliphatic rings. The molecule has 0 N–H and O–H groups in total. The molecule has 0 unspecified atom stereocenters. The summed E-state index contributed by atoms with van der Waals surface area (Å²) in [5.41, 5.74) is 0.879. The number of rotatable bonds is 6. The number of thioether (sulfide) groups is 1. The first kappa shape index (κ1) is 14.0. The second-order valence-electron chi connectivity index (χ2n) is 5.44. The fraction of sp³-hybridized carbons (Fsp3) is 0.312. The van der Waals surface area contributed by atoms with Crippen LogP contribution in [0.5, 0.6) is 0 Å². The first-order valence-electron chi connectivity index (χ1n) is 7.40. The Morgan fingerprint density at radius 3 is 2.86 bits per heavy atom. The molecule has 0 radical (unpaired) electrons. The number of hydrogen-bond donors (Lipinski definition) is 0. The molecule has 0 aliphatic heterocycles. The quantitative estimate of drug-likeness (QED) is 0.643. The highest BCUT2D eigenvalue weighted by Crippen LogP contribution is 2.35. The van der Waals surface area contributed by atoms with Gasteiger partial charge in [-0.05, 0) is 42.3 Å². The molecule has 1 aliphatic carbocycles. The van der Waals surface area contributed by atoms with E-state index in [-0.39, 0.29) is 0 Å². The topological polar surface area (TPSA) is 43.6 Å². The molecule has 0 aromatic carbocycles. The molecule has 6 heteroatoms. The van der Waals surface area contributed by atoms with Gasteiger partial charge in [0.15, 0.2) is 11.0 Å². The van der Waals surface area contributed by atoms with Crippen molar-refractivity contribution in [3.8, 4) is 11.5 Å². The van der Waals surface area contributed by atoms with Gasteiger partial charge in [-0.1, -0.05) is 23.9 Å². The molecular formula is C16H16N4S2. The summed E-state index contributed by atoms with van der Waals surface area (Å²) in [6.45, 7) is 0.809. The zero-order chi connectivity index (χ0) is 14.8. The standard InChI is InChI=1S/C16H16N4S2/c1-2-8-17-14(5-1)15-18-19-16(22-11-12-6-7-12)20(15)10-13-4-3-9-21-13/h1-5,8-9,12H,6-7,10-11H2. The van der Waals surface area contributed by atoms with Crippen LogP contribution in [0.2, 0.25) is 0 Å². The van der Waals surface area contributed by atoms with Gasteiger partial charge >= 0.3 is 0 Å². The van der Waals surface area contributed by atoms with Crippen LogP contribution in [0, 0.1) is 5.92 Å². The third-order valence-electron chi connectivity index (χ3n) is 3.65. The molecule has 3 aromatic heterocycles. The minimum atomic E-state index is 0.809. The Labute approximate surface area is 137 Å². The number of hydrogen-bond acceptors (Lipinski definition) is 5. The lowest BCUT2D eigenvalue weighted by Crippen LogP contribution is -2.04. The van der Waals surface area contributed by atoms with Gasteiger partial charge < -0.3 is 0 Å². The molecule has 112 valence electrons. The number of thiophene rings is 1. The van der Waals surface area contributed by atoms with Crippen LogP contribution < -0.4 is 0 Å². The Hall–Kier alpha value is -1.66. The van der Waals surface area contributed by atoms with E-state index < -0.39 is 0 Å². The van der Waals surface area contributed by atoms with Crippen molar-refractivity contribution in [3.63, 3.8) is 0 Å². The van der Waals surface area contributed by atoms with Gasteiger partial charge in [0.25, 0.3) is 0 Å². The maximum Gasteiger partial charge on any atom is 0.191 e. The lowest BCUT2D eigenvalue weighted by molar-refractivity contribution is 0.720. The molecule has 0 amide bonds. The Bertz CT molecular complexity index is 733. The van der Waals surface area contributed by atoms with E-state index in [0.29, 0.717) is 0 Å². The van der Waals surface area contributed by atoms with Crippen LogP contribution in [-0.4, -0.2) is 25.5 Å². The van der Waals surface area contributed by atoms with Gasteiger partial charge in [0.05, 0.1) is 6.54 Å². The molecule has 0 spiro atoms. The fourth-order valence-electron chi connectivity index (χ4n) is 2.26. The molecular weight excluding hydrogens is 312 g/mol. The second kappa shape index (κ2) is 6.22. The summed E-state index contributed by atoms with van der Waals surface area (Å²) >= 11 is 3.59. The lowest BCUT2D eigenvalue weighted by Gasteiger charge is -2.08. The minimum absolute atomic E-state index is 0.809. The average molecular weight is 328 g/mol. The molecule has 3 heterocycles. The van der Waals surface area contributed by atoms with E-state index >= 15 is 0 Å². The lowest BCUT2D eigenvalue weighted by atomic mass is 10.3. The Kier molecular flexibility index (Phi) is 3.95. The molecule has 1 saturated carbocycles. The van der Waals surface area contributed by atoms with Gasteiger partial charge in [-0.15, -0.1) is 21.5 Å². The predicted octanol–water partition coefficient (Wildman–Crippen LogP) is 3.95. The van der Waals surface area contributed by atoms with E-state index in [0.717, 1.165) is 34.9 Å². The Morgan fingerprint density at radius 1 is 1.18 bits per heavy atom. The molecule has 1 fully saturated rings. The van der Waals surface area contributed by atoms with Crippen molar-refractivity contribution in [2.24, 2.45) is 5.92 Å². The van der Waals surface area contributed by atoms with Crippen LogP contribution >= 0.6 is 23.1 Å². The third-order valence-corrected chi connectivity index (χ3v) is 5.71. The van der Waals surface area contributed by atoms with Crippen molar-refractivity contribution in [1.82, 2.24) is 19.7 Å². The van der Waals surface area contributed by atoms with Crippen LogP contribution in [0.1, 0.15) is 17.7 Å². The largest absolute Gasteiger partial charge is 0.295 e. The van der Waals surface area contributed by atoms with Gasteiger partial charge in [0, 0.05) is 16.8 Å². The van der Waals surface area contributed by atoms with Crippen molar-refractivity contribution >= 4 is 23.1 Å². The van der Waals surface area contributed by atoms with Gasteiger partial charge in [-0.25, -0.2) is 0 Å². The zero-order valence-electron chi connectivity index (χ0n) is 12.1. The fourth-order valence-corrected chi connectivity index (χ4v) is 4.07. The first-order chi connectivity index (χ1) is 10.9. The Balaban J connectivity index is 1.67. The van der Waals surface area contributed by atoms with Gasteiger partial charge in [0.1, 0.15) is 5.69 Å². The molecule has 4 nitrogen and oxygen atoms in total. The normalized spacial score (nSPS) is 14.4. The molecule has 0 bridgehead atoms. The van der Waals surface area contributed by atoms with Gasteiger partial charge in [0.2, 0.25) is 0 Å². The molecule has 22 heavy (non-hydrogen) atoms. The SMILES string of the molecule is c1ccc(-c2nnc(SCC3CC3)n2Cc2cccs2)nc1. The number of nitrogens with zero attached hydrogens (tertiary/aromatic N) is 4. The maximum atomic E-state index is 4.43. The summed E-state index contributed by atoms with van der Waals surface area (Å²) < 4.78 is 2.20. The van der Waals surface area contributed by atoms with Crippen molar-refractivity contribution in [2.45, 2.75) is 24.5 Å². The Morgan fingerprint density at radius 2 is 2.14 bits per heavy atom. The van der Waals surface area contributed by atoms with E-state index in [1.54, 1.807) is 17.5 Å². The molecule has 0 saturated heterocycles. The minimum Gasteiger partial charge on any atom is -0.295 e. The monoisotopic (exact) mass is 328 g/mol. The highest BCUT2D eigenvalue weighted by molar-refractivity contribution is 7.99. The van der Waals surface area contributed by atoms with Crippen molar-refractivity contribution < 1.29 is 0 Å². The number of aromatic nitrogens is 4. The maximum absolute atomic E-state index is 4.43. The summed E-state index contributed by atoms with van der Waals surface area (Å²) in [7, 11) is 0. The average Bonchev–Trinajstić information content (AvgIpc) is 3.08. The molecule has 4 rings (SSSR count). The van der Waals surface area contributed by atoms with Crippen molar-refractivity contribution in [1.29, 1.82) is 0 Å². The predicted molar refractivity (Wildman–Crippen MR) is 90.1 cm³/mol. The first-order valence-corrected chi connectivity index (χ1v) is 9.26. The summed E-state index contributed by atoms with van der Waals surface area (Å²) in [6.07, 6.45) is 4.52. The van der Waals surface area contributed by atoms with Crippen molar-refractivity contribution in [2.75, 3.05) is 5.75 Å². The van der Waals surface area contributed by atoms with Crippen molar-refractivity contribution in [3.05, 3.63) is 46.8 Å². The van der Waals surface area contributed by atoms with E-state index in [9.17, 15) is 0 Å². The second-order valence-corrected chi connectivity index (χ2v) is 7.46. The summed E-state index contributed by atoms with van der Waals surface area (Å²) in [6, 6.07) is 10.1. The summed E-state index contributed by atoms with van der Waals surface area (Å²) in [4.78, 5) is 5.74. The van der Waals surface area contributed by atoms with Crippen LogP contribution in [-0.2, 0) is 6.54 Å². The van der Waals surface area contributed by atoms with Crippen LogP contribution in [0.3, 0.4) is 0 Å². The van der Waals surface area contributed by atoms with E-state index in [4.69, 9.17) is 0 Å². The summed E-state index contributed by atoms with van der Waals surface area (Å²) in [5, 5.41) is 11.9. The van der Waals surface area contributed by atoms with E-state index in [1.807, 2.05) is 30.0 Å². The van der Waals surface area contributed by atoms with E-state index in [1.165, 1.54) is 17.7 Å². The highest BCUT2D eigenvalue weighted by atomic mass is 32.2. The number of pyridine rings is 1.